The SMILES string of the molecule is CCc1cc(NCCC(=O)N2CCCCC2)ncn1. The van der Waals surface area contributed by atoms with E-state index < -0.39 is 0 Å². The fraction of sp³-hybridized carbons (Fsp3) is 0.643. The van der Waals surface area contributed by atoms with E-state index in [-0.39, 0.29) is 5.91 Å². The Kier molecular flexibility index (Phi) is 5.12. The maximum atomic E-state index is 12.0. The van der Waals surface area contributed by atoms with E-state index in [1.54, 1.807) is 6.33 Å². The molecule has 2 heterocycles. The predicted octanol–water partition coefficient (Wildman–Crippen LogP) is 1.85. The van der Waals surface area contributed by atoms with E-state index in [1.807, 2.05) is 11.0 Å². The maximum absolute atomic E-state index is 12.0. The summed E-state index contributed by atoms with van der Waals surface area (Å²) in [7, 11) is 0. The fourth-order valence-corrected chi connectivity index (χ4v) is 2.29. The van der Waals surface area contributed by atoms with Gasteiger partial charge in [-0.1, -0.05) is 6.92 Å². The van der Waals surface area contributed by atoms with Gasteiger partial charge in [0.15, 0.2) is 0 Å². The van der Waals surface area contributed by atoms with E-state index in [9.17, 15) is 4.79 Å². The Labute approximate surface area is 114 Å². The Bertz CT molecular complexity index is 416. The van der Waals surface area contributed by atoms with Crippen LogP contribution in [0.3, 0.4) is 0 Å². The molecule has 5 nitrogen and oxygen atoms in total. The molecule has 0 unspecified atom stereocenters. The molecule has 2 rings (SSSR count). The number of piperidine rings is 1. The van der Waals surface area contributed by atoms with Gasteiger partial charge in [-0.2, -0.15) is 0 Å². The Morgan fingerprint density at radius 3 is 2.84 bits per heavy atom. The summed E-state index contributed by atoms with van der Waals surface area (Å²) in [6.07, 6.45) is 6.53. The molecule has 1 aromatic heterocycles. The molecule has 1 aliphatic heterocycles. The number of likely N-dealkylation sites (tertiary alicyclic amines) is 1. The summed E-state index contributed by atoms with van der Waals surface area (Å²) in [6.45, 7) is 4.54. The zero-order chi connectivity index (χ0) is 13.5. The summed E-state index contributed by atoms with van der Waals surface area (Å²) < 4.78 is 0. The Balaban J connectivity index is 1.74. The zero-order valence-corrected chi connectivity index (χ0v) is 11.6. The van der Waals surface area contributed by atoms with Crippen molar-refractivity contribution in [2.75, 3.05) is 25.0 Å². The van der Waals surface area contributed by atoms with Crippen molar-refractivity contribution in [3.05, 3.63) is 18.1 Å². The van der Waals surface area contributed by atoms with Crippen LogP contribution in [0.15, 0.2) is 12.4 Å². The smallest absolute Gasteiger partial charge is 0.224 e. The molecule has 1 N–H and O–H groups in total. The van der Waals surface area contributed by atoms with E-state index in [1.165, 1.54) is 6.42 Å². The molecule has 0 aromatic carbocycles. The first-order valence-electron chi connectivity index (χ1n) is 7.12. The third-order valence-corrected chi connectivity index (χ3v) is 3.44. The number of nitrogens with one attached hydrogen (secondary N) is 1. The molecule has 0 bridgehead atoms. The van der Waals surface area contributed by atoms with Crippen molar-refractivity contribution < 1.29 is 4.79 Å². The topological polar surface area (TPSA) is 58.1 Å². The third kappa shape index (κ3) is 4.19. The van der Waals surface area contributed by atoms with Crippen molar-refractivity contribution in [3.8, 4) is 0 Å². The Morgan fingerprint density at radius 2 is 2.11 bits per heavy atom. The average Bonchev–Trinajstić information content (AvgIpc) is 2.48. The van der Waals surface area contributed by atoms with Crippen LogP contribution in [0.5, 0.6) is 0 Å². The summed E-state index contributed by atoms with van der Waals surface area (Å²) in [6, 6.07) is 1.94. The minimum absolute atomic E-state index is 0.247. The molecule has 1 saturated heterocycles. The monoisotopic (exact) mass is 262 g/mol. The molecule has 0 spiro atoms. The lowest BCUT2D eigenvalue weighted by Gasteiger charge is -2.26. The molecule has 0 aliphatic carbocycles. The normalized spacial score (nSPS) is 15.3. The summed E-state index contributed by atoms with van der Waals surface area (Å²) in [5, 5.41) is 3.19. The van der Waals surface area contributed by atoms with Gasteiger partial charge in [0, 0.05) is 37.8 Å². The molecule has 0 saturated carbocycles. The van der Waals surface area contributed by atoms with Gasteiger partial charge in [0.1, 0.15) is 12.1 Å². The molecule has 1 aliphatic rings. The molecular weight excluding hydrogens is 240 g/mol. The Hall–Kier alpha value is -1.65. The maximum Gasteiger partial charge on any atom is 0.224 e. The van der Waals surface area contributed by atoms with Crippen LogP contribution in [-0.4, -0.2) is 40.4 Å². The molecular formula is C14H22N4O. The fourth-order valence-electron chi connectivity index (χ4n) is 2.29. The number of aryl methyl sites for hydroxylation is 1. The first kappa shape index (κ1) is 13.8. The van der Waals surface area contributed by atoms with Crippen molar-refractivity contribution >= 4 is 11.7 Å². The van der Waals surface area contributed by atoms with E-state index in [4.69, 9.17) is 0 Å². The van der Waals surface area contributed by atoms with E-state index in [0.717, 1.165) is 43.9 Å². The van der Waals surface area contributed by atoms with Gasteiger partial charge >= 0.3 is 0 Å². The van der Waals surface area contributed by atoms with Crippen molar-refractivity contribution in [1.82, 2.24) is 14.9 Å². The molecule has 5 heteroatoms. The summed E-state index contributed by atoms with van der Waals surface area (Å²) >= 11 is 0. The van der Waals surface area contributed by atoms with Crippen LogP contribution in [-0.2, 0) is 11.2 Å². The highest BCUT2D eigenvalue weighted by Gasteiger charge is 2.15. The standard InChI is InChI=1S/C14H22N4O/c1-2-12-10-13(17-11-16-12)15-7-6-14(19)18-8-4-3-5-9-18/h10-11H,2-9H2,1H3,(H,15,16,17). The number of amides is 1. The van der Waals surface area contributed by atoms with E-state index >= 15 is 0 Å². The van der Waals surface area contributed by atoms with Crippen LogP contribution in [0.2, 0.25) is 0 Å². The number of carbonyl (C=O) groups excluding carboxylic acids is 1. The third-order valence-electron chi connectivity index (χ3n) is 3.44. The van der Waals surface area contributed by atoms with Gasteiger partial charge in [-0.25, -0.2) is 9.97 Å². The number of hydrogen-bond acceptors (Lipinski definition) is 4. The van der Waals surface area contributed by atoms with Gasteiger partial charge in [-0.15, -0.1) is 0 Å². The molecule has 1 amide bonds. The van der Waals surface area contributed by atoms with Crippen LogP contribution >= 0.6 is 0 Å². The van der Waals surface area contributed by atoms with Crippen LogP contribution in [0.25, 0.3) is 0 Å². The van der Waals surface area contributed by atoms with Gasteiger partial charge in [-0.3, -0.25) is 4.79 Å². The lowest BCUT2D eigenvalue weighted by molar-refractivity contribution is -0.131. The second kappa shape index (κ2) is 7.07. The van der Waals surface area contributed by atoms with Crippen LogP contribution in [0.4, 0.5) is 5.82 Å². The van der Waals surface area contributed by atoms with Crippen LogP contribution in [0, 0.1) is 0 Å². The lowest BCUT2D eigenvalue weighted by atomic mass is 10.1. The second-order valence-corrected chi connectivity index (χ2v) is 4.87. The summed E-state index contributed by atoms with van der Waals surface area (Å²) in [4.78, 5) is 22.2. The number of nitrogens with zero attached hydrogens (tertiary/aromatic N) is 3. The van der Waals surface area contributed by atoms with Crippen molar-refractivity contribution in [2.45, 2.75) is 39.0 Å². The first-order valence-corrected chi connectivity index (χ1v) is 7.12. The minimum Gasteiger partial charge on any atom is -0.369 e. The van der Waals surface area contributed by atoms with Gasteiger partial charge in [0.2, 0.25) is 5.91 Å². The zero-order valence-electron chi connectivity index (χ0n) is 11.6. The number of hydrogen-bond donors (Lipinski definition) is 1. The number of carbonyl (C=O) groups is 1. The van der Waals surface area contributed by atoms with E-state index in [2.05, 4.69) is 22.2 Å². The van der Waals surface area contributed by atoms with Crippen molar-refractivity contribution in [1.29, 1.82) is 0 Å². The minimum atomic E-state index is 0.247. The van der Waals surface area contributed by atoms with Crippen LogP contribution < -0.4 is 5.32 Å². The molecule has 104 valence electrons. The highest BCUT2D eigenvalue weighted by atomic mass is 16.2. The summed E-state index contributed by atoms with van der Waals surface area (Å²) in [5.74, 6) is 1.05. The highest BCUT2D eigenvalue weighted by molar-refractivity contribution is 5.76. The van der Waals surface area contributed by atoms with Gasteiger partial charge < -0.3 is 10.2 Å². The molecule has 0 radical (unpaired) electrons. The first-order chi connectivity index (χ1) is 9.29. The largest absolute Gasteiger partial charge is 0.369 e. The van der Waals surface area contributed by atoms with E-state index in [0.29, 0.717) is 13.0 Å². The number of rotatable bonds is 5. The van der Waals surface area contributed by atoms with Gasteiger partial charge in [-0.05, 0) is 25.7 Å². The molecule has 0 atom stereocenters. The molecule has 19 heavy (non-hydrogen) atoms. The Morgan fingerprint density at radius 1 is 1.32 bits per heavy atom. The quantitative estimate of drug-likeness (QED) is 0.880. The summed E-state index contributed by atoms with van der Waals surface area (Å²) in [5.41, 5.74) is 1.01. The molecule has 1 aromatic rings. The second-order valence-electron chi connectivity index (χ2n) is 4.87. The lowest BCUT2D eigenvalue weighted by Crippen LogP contribution is -2.36. The van der Waals surface area contributed by atoms with Crippen molar-refractivity contribution in [2.24, 2.45) is 0 Å². The number of aromatic nitrogens is 2. The number of anilines is 1. The van der Waals surface area contributed by atoms with Gasteiger partial charge in [0.25, 0.3) is 0 Å². The molecule has 1 fully saturated rings. The highest BCUT2D eigenvalue weighted by Crippen LogP contribution is 2.10. The van der Waals surface area contributed by atoms with Crippen LogP contribution in [0.1, 0.15) is 38.3 Å². The van der Waals surface area contributed by atoms with Crippen molar-refractivity contribution in [3.63, 3.8) is 0 Å². The average molecular weight is 262 g/mol. The van der Waals surface area contributed by atoms with Gasteiger partial charge in [0.05, 0.1) is 0 Å². The predicted molar refractivity (Wildman–Crippen MR) is 74.9 cm³/mol.